The van der Waals surface area contributed by atoms with Gasteiger partial charge in [-0.15, -0.1) is 0 Å². The highest BCUT2D eigenvalue weighted by atomic mass is 16.5. The molecule has 0 radical (unpaired) electrons. The first-order chi connectivity index (χ1) is 21.8. The van der Waals surface area contributed by atoms with Crippen LogP contribution in [0.25, 0.3) is 22.2 Å². The Hall–Kier alpha value is -4.51. The molecule has 3 aromatic heterocycles. The molecule has 2 aliphatic rings. The predicted octanol–water partition coefficient (Wildman–Crippen LogP) is 5.06. The van der Waals surface area contributed by atoms with Crippen molar-refractivity contribution in [3.8, 4) is 11.3 Å². The maximum Gasteiger partial charge on any atom is 0.407 e. The summed E-state index contributed by atoms with van der Waals surface area (Å²) in [5.74, 6) is 2.14. The average molecular weight is 612 g/mol. The Balaban J connectivity index is 1.07. The second-order valence-electron chi connectivity index (χ2n) is 12.5. The summed E-state index contributed by atoms with van der Waals surface area (Å²) in [6.45, 7) is 7.01. The SMILES string of the molecule is Cc1cc(CN(C[C@H]2CC[C@H](CNC(=O)c3cc(-c4ccc(N5CCN(C)CC5)nc4)nc4ccccc34)CC2)C(=O)O)no1. The maximum absolute atomic E-state index is 13.6. The number of carboxylic acid groups (broad SMARTS) is 1. The molecule has 0 spiro atoms. The Bertz CT molecular complexity index is 1620. The normalized spacial score (nSPS) is 19.0. The van der Waals surface area contributed by atoms with Gasteiger partial charge in [-0.3, -0.25) is 4.79 Å². The summed E-state index contributed by atoms with van der Waals surface area (Å²) in [5.41, 5.74) is 3.60. The number of para-hydroxylation sites is 1. The minimum absolute atomic E-state index is 0.112. The highest BCUT2D eigenvalue weighted by Gasteiger charge is 2.26. The number of nitrogens with zero attached hydrogens (tertiary/aromatic N) is 6. The van der Waals surface area contributed by atoms with Crippen LogP contribution in [0.3, 0.4) is 0 Å². The smallest absolute Gasteiger partial charge is 0.407 e. The molecule has 0 atom stereocenters. The van der Waals surface area contributed by atoms with Gasteiger partial charge < -0.3 is 29.6 Å². The molecule has 2 fully saturated rings. The third kappa shape index (κ3) is 7.42. The molecule has 2 amide bonds. The Morgan fingerprint density at radius 1 is 1.02 bits per heavy atom. The van der Waals surface area contributed by atoms with Crippen molar-refractivity contribution in [1.29, 1.82) is 0 Å². The maximum atomic E-state index is 13.6. The van der Waals surface area contributed by atoms with E-state index >= 15 is 0 Å². The Labute approximate surface area is 263 Å². The number of fused-ring (bicyclic) bond motifs is 1. The number of rotatable bonds is 9. The van der Waals surface area contributed by atoms with Crippen LogP contribution < -0.4 is 10.2 Å². The van der Waals surface area contributed by atoms with E-state index in [9.17, 15) is 14.7 Å². The zero-order chi connectivity index (χ0) is 31.3. The van der Waals surface area contributed by atoms with E-state index < -0.39 is 6.09 Å². The fourth-order valence-electron chi connectivity index (χ4n) is 6.43. The minimum atomic E-state index is -0.948. The molecule has 1 saturated heterocycles. The first-order valence-electron chi connectivity index (χ1n) is 15.8. The number of pyridine rings is 2. The summed E-state index contributed by atoms with van der Waals surface area (Å²) in [7, 11) is 2.14. The van der Waals surface area contributed by atoms with Gasteiger partial charge in [-0.05, 0) is 75.8 Å². The molecule has 1 aromatic carbocycles. The first-order valence-corrected chi connectivity index (χ1v) is 15.8. The number of carbonyl (C=O) groups is 2. The van der Waals surface area contributed by atoms with Crippen LogP contribution in [0, 0.1) is 18.8 Å². The van der Waals surface area contributed by atoms with Crippen molar-refractivity contribution in [1.82, 2.24) is 30.2 Å². The summed E-state index contributed by atoms with van der Waals surface area (Å²) in [5, 5.41) is 17.7. The summed E-state index contributed by atoms with van der Waals surface area (Å²) in [4.78, 5) is 41.1. The third-order valence-corrected chi connectivity index (χ3v) is 9.13. The van der Waals surface area contributed by atoms with Crippen molar-refractivity contribution < 1.29 is 19.2 Å². The molecule has 1 aliphatic heterocycles. The molecule has 11 nitrogen and oxygen atoms in total. The molecule has 2 N–H and O–H groups in total. The molecular formula is C34H41N7O4. The van der Waals surface area contributed by atoms with E-state index in [2.05, 4.69) is 27.3 Å². The highest BCUT2D eigenvalue weighted by Crippen LogP contribution is 2.30. The van der Waals surface area contributed by atoms with Crippen LogP contribution >= 0.6 is 0 Å². The number of aryl methyl sites for hydroxylation is 1. The van der Waals surface area contributed by atoms with Crippen LogP contribution in [0.15, 0.2) is 59.3 Å². The van der Waals surface area contributed by atoms with E-state index in [1.165, 1.54) is 4.90 Å². The molecule has 1 aliphatic carbocycles. The van der Waals surface area contributed by atoms with Crippen molar-refractivity contribution in [3.63, 3.8) is 0 Å². The predicted molar refractivity (Wildman–Crippen MR) is 172 cm³/mol. The van der Waals surface area contributed by atoms with Crippen molar-refractivity contribution in [3.05, 3.63) is 71.7 Å². The summed E-state index contributed by atoms with van der Waals surface area (Å²) in [6, 6.07) is 15.5. The largest absolute Gasteiger partial charge is 0.465 e. The van der Waals surface area contributed by atoms with Crippen molar-refractivity contribution >= 4 is 28.7 Å². The fraction of sp³-hybridized carbons (Fsp3) is 0.441. The van der Waals surface area contributed by atoms with Gasteiger partial charge in [0, 0.05) is 62.5 Å². The molecule has 6 rings (SSSR count). The van der Waals surface area contributed by atoms with Crippen LogP contribution in [0.2, 0.25) is 0 Å². The number of carbonyl (C=O) groups excluding carboxylic acids is 1. The monoisotopic (exact) mass is 611 g/mol. The van der Waals surface area contributed by atoms with Gasteiger partial charge >= 0.3 is 6.09 Å². The Kier molecular flexibility index (Phi) is 9.25. The molecule has 4 heterocycles. The van der Waals surface area contributed by atoms with Gasteiger partial charge in [0.05, 0.1) is 23.3 Å². The number of hydrogen-bond acceptors (Lipinski definition) is 8. The molecular weight excluding hydrogens is 570 g/mol. The van der Waals surface area contributed by atoms with E-state index in [4.69, 9.17) is 14.5 Å². The van der Waals surface area contributed by atoms with Gasteiger partial charge in [0.1, 0.15) is 17.3 Å². The highest BCUT2D eigenvalue weighted by molar-refractivity contribution is 6.07. The molecule has 0 unspecified atom stereocenters. The number of benzene rings is 1. The second kappa shape index (κ2) is 13.6. The number of anilines is 1. The van der Waals surface area contributed by atoms with E-state index in [0.29, 0.717) is 36.0 Å². The summed E-state index contributed by atoms with van der Waals surface area (Å²) >= 11 is 0. The first kappa shape index (κ1) is 30.5. The molecule has 1 saturated carbocycles. The molecule has 236 valence electrons. The number of amides is 2. The standard InChI is InChI=1S/C34H41N7O4/c1-23-17-27(38-45-23)22-41(34(43)44)21-25-9-7-24(8-10-25)19-36-33(42)29-18-31(37-30-6-4-3-5-28(29)30)26-11-12-32(35-20-26)40-15-13-39(2)14-16-40/h3-6,11-12,17-18,20,24-25H,7-10,13-16,19,21-22H2,1-2H3,(H,36,42)(H,43,44)/t24-,25-. The van der Waals surface area contributed by atoms with Gasteiger partial charge in [-0.2, -0.15) is 0 Å². The minimum Gasteiger partial charge on any atom is -0.465 e. The van der Waals surface area contributed by atoms with Gasteiger partial charge in [0.25, 0.3) is 5.91 Å². The molecule has 11 heteroatoms. The lowest BCUT2D eigenvalue weighted by atomic mass is 9.81. The number of likely N-dealkylation sites (N-methyl/N-ethyl adjacent to an activating group) is 1. The van der Waals surface area contributed by atoms with E-state index in [0.717, 1.165) is 79.8 Å². The number of hydrogen-bond donors (Lipinski definition) is 2. The summed E-state index contributed by atoms with van der Waals surface area (Å²) in [6.07, 6.45) is 4.62. The fourth-order valence-corrected chi connectivity index (χ4v) is 6.43. The lowest BCUT2D eigenvalue weighted by Gasteiger charge is -2.33. The lowest BCUT2D eigenvalue weighted by Crippen LogP contribution is -2.44. The molecule has 4 aromatic rings. The van der Waals surface area contributed by atoms with E-state index in [-0.39, 0.29) is 18.4 Å². The van der Waals surface area contributed by atoms with Crippen LogP contribution in [0.5, 0.6) is 0 Å². The van der Waals surface area contributed by atoms with Crippen LogP contribution in [-0.2, 0) is 6.54 Å². The second-order valence-corrected chi connectivity index (χ2v) is 12.5. The van der Waals surface area contributed by atoms with Crippen molar-refractivity contribution in [2.24, 2.45) is 11.8 Å². The van der Waals surface area contributed by atoms with Crippen LogP contribution in [-0.4, -0.2) is 88.3 Å². The quantitative estimate of drug-likeness (QED) is 0.267. The van der Waals surface area contributed by atoms with Crippen molar-refractivity contribution in [2.45, 2.75) is 39.2 Å². The zero-order valence-electron chi connectivity index (χ0n) is 26.0. The Morgan fingerprint density at radius 3 is 2.47 bits per heavy atom. The average Bonchev–Trinajstić information content (AvgIpc) is 3.48. The molecule has 45 heavy (non-hydrogen) atoms. The lowest BCUT2D eigenvalue weighted by molar-refractivity contribution is 0.0936. The zero-order valence-corrected chi connectivity index (χ0v) is 26.0. The van der Waals surface area contributed by atoms with Gasteiger partial charge in [-0.1, -0.05) is 23.4 Å². The number of aromatic nitrogens is 3. The van der Waals surface area contributed by atoms with Gasteiger partial charge in [-0.25, -0.2) is 14.8 Å². The summed E-state index contributed by atoms with van der Waals surface area (Å²) < 4.78 is 5.09. The third-order valence-electron chi connectivity index (χ3n) is 9.13. The van der Waals surface area contributed by atoms with Gasteiger partial charge in [0.15, 0.2) is 0 Å². The topological polar surface area (TPSA) is 128 Å². The van der Waals surface area contributed by atoms with Gasteiger partial charge in [0.2, 0.25) is 0 Å². The van der Waals surface area contributed by atoms with E-state index in [1.807, 2.05) is 48.7 Å². The van der Waals surface area contributed by atoms with Crippen LogP contribution in [0.1, 0.15) is 47.5 Å². The molecule has 0 bridgehead atoms. The number of piperazine rings is 1. The van der Waals surface area contributed by atoms with Crippen molar-refractivity contribution in [2.75, 3.05) is 51.2 Å². The van der Waals surface area contributed by atoms with E-state index in [1.54, 1.807) is 13.0 Å². The van der Waals surface area contributed by atoms with Crippen LogP contribution in [0.4, 0.5) is 10.6 Å². The number of nitrogens with one attached hydrogen (secondary N) is 1. The Morgan fingerprint density at radius 2 is 1.78 bits per heavy atom.